The molecule has 0 atom stereocenters. The Morgan fingerprint density at radius 3 is 2.77 bits per heavy atom. The molecule has 2 heterocycles. The van der Waals surface area contributed by atoms with Gasteiger partial charge in [-0.2, -0.15) is 0 Å². The third kappa shape index (κ3) is 4.07. The van der Waals surface area contributed by atoms with E-state index in [0.29, 0.717) is 17.8 Å². The Morgan fingerprint density at radius 2 is 2.09 bits per heavy atom. The quantitative estimate of drug-likeness (QED) is 0.614. The van der Waals surface area contributed by atoms with Crippen LogP contribution in [0.5, 0.6) is 0 Å². The molecule has 10 heteroatoms. The minimum absolute atomic E-state index is 0.104. The van der Waals surface area contributed by atoms with E-state index in [1.54, 1.807) is 6.92 Å². The number of thioether (sulfide) groups is 1. The molecule has 22 heavy (non-hydrogen) atoms. The molecule has 3 N–H and O–H groups in total. The SMILES string of the molecule is CCNC(=O)CSc1nnc(Cc2c(C)[nH]c(=O)[nH]c2=O)o1. The van der Waals surface area contributed by atoms with Crippen LogP contribution in [-0.2, 0) is 11.2 Å². The number of H-pyrrole nitrogens is 2. The van der Waals surface area contributed by atoms with Crippen LogP contribution in [0.4, 0.5) is 0 Å². The van der Waals surface area contributed by atoms with Crippen molar-refractivity contribution in [3.8, 4) is 0 Å². The predicted molar refractivity (Wildman–Crippen MR) is 78.9 cm³/mol. The van der Waals surface area contributed by atoms with Gasteiger partial charge in [0.05, 0.1) is 12.2 Å². The van der Waals surface area contributed by atoms with Crippen molar-refractivity contribution in [1.82, 2.24) is 25.5 Å². The van der Waals surface area contributed by atoms with Crippen molar-refractivity contribution in [2.45, 2.75) is 25.5 Å². The molecule has 0 aromatic carbocycles. The molecule has 2 aromatic rings. The number of aryl methyl sites for hydroxylation is 1. The van der Waals surface area contributed by atoms with E-state index >= 15 is 0 Å². The van der Waals surface area contributed by atoms with Crippen LogP contribution in [0.1, 0.15) is 24.1 Å². The summed E-state index contributed by atoms with van der Waals surface area (Å²) in [6, 6.07) is 0. The summed E-state index contributed by atoms with van der Waals surface area (Å²) < 4.78 is 5.37. The van der Waals surface area contributed by atoms with Gasteiger partial charge in [-0.1, -0.05) is 11.8 Å². The first-order valence-corrected chi connectivity index (χ1v) is 7.52. The Balaban J connectivity index is 2.05. The lowest BCUT2D eigenvalue weighted by Gasteiger charge is -2.00. The van der Waals surface area contributed by atoms with Crippen LogP contribution < -0.4 is 16.6 Å². The number of nitrogens with zero attached hydrogens (tertiary/aromatic N) is 2. The normalized spacial score (nSPS) is 10.6. The van der Waals surface area contributed by atoms with Crippen molar-refractivity contribution in [3.63, 3.8) is 0 Å². The third-order valence-electron chi connectivity index (χ3n) is 2.73. The van der Waals surface area contributed by atoms with Gasteiger partial charge >= 0.3 is 5.69 Å². The van der Waals surface area contributed by atoms with Crippen molar-refractivity contribution in [2.24, 2.45) is 0 Å². The van der Waals surface area contributed by atoms with E-state index in [1.165, 1.54) is 0 Å². The lowest BCUT2D eigenvalue weighted by Crippen LogP contribution is -2.27. The summed E-state index contributed by atoms with van der Waals surface area (Å²) in [5.74, 6) is 0.285. The van der Waals surface area contributed by atoms with Gasteiger partial charge in [-0.25, -0.2) is 4.79 Å². The van der Waals surface area contributed by atoms with Gasteiger partial charge in [0.1, 0.15) is 0 Å². The van der Waals surface area contributed by atoms with Crippen LogP contribution in [0.15, 0.2) is 19.2 Å². The fourth-order valence-electron chi connectivity index (χ4n) is 1.73. The van der Waals surface area contributed by atoms with Crippen LogP contribution in [0.3, 0.4) is 0 Å². The number of nitrogens with one attached hydrogen (secondary N) is 3. The number of carbonyl (C=O) groups is 1. The predicted octanol–water partition coefficient (Wildman–Crippen LogP) is -0.426. The lowest BCUT2D eigenvalue weighted by atomic mass is 10.2. The first-order chi connectivity index (χ1) is 10.5. The molecule has 9 nitrogen and oxygen atoms in total. The Labute approximate surface area is 128 Å². The molecule has 2 aromatic heterocycles. The lowest BCUT2D eigenvalue weighted by molar-refractivity contribution is -0.118. The minimum atomic E-state index is -0.560. The minimum Gasteiger partial charge on any atom is -0.416 e. The maximum absolute atomic E-state index is 11.7. The first-order valence-electron chi connectivity index (χ1n) is 6.53. The molecule has 0 aliphatic rings. The number of carbonyl (C=O) groups excluding carboxylic acids is 1. The molecule has 0 spiro atoms. The van der Waals surface area contributed by atoms with E-state index in [4.69, 9.17) is 4.42 Å². The highest BCUT2D eigenvalue weighted by molar-refractivity contribution is 7.99. The average Bonchev–Trinajstić information content (AvgIpc) is 2.89. The summed E-state index contributed by atoms with van der Waals surface area (Å²) >= 11 is 1.11. The maximum Gasteiger partial charge on any atom is 0.325 e. The first kappa shape index (κ1) is 16.0. The van der Waals surface area contributed by atoms with Crippen LogP contribution in [-0.4, -0.2) is 38.4 Å². The van der Waals surface area contributed by atoms with Gasteiger partial charge in [0.25, 0.3) is 10.8 Å². The van der Waals surface area contributed by atoms with Crippen molar-refractivity contribution in [2.75, 3.05) is 12.3 Å². The van der Waals surface area contributed by atoms with Crippen LogP contribution in [0, 0.1) is 6.92 Å². The summed E-state index contributed by atoms with van der Waals surface area (Å²) in [5.41, 5.74) is -0.252. The second-order valence-corrected chi connectivity index (χ2v) is 5.32. The van der Waals surface area contributed by atoms with E-state index in [-0.39, 0.29) is 29.2 Å². The molecule has 0 saturated carbocycles. The number of amides is 1. The van der Waals surface area contributed by atoms with Crippen molar-refractivity contribution in [1.29, 1.82) is 0 Å². The average molecular weight is 325 g/mol. The Bertz CT molecular complexity index is 778. The molecule has 0 saturated heterocycles. The summed E-state index contributed by atoms with van der Waals surface area (Å²) in [4.78, 5) is 38.8. The van der Waals surface area contributed by atoms with Gasteiger partial charge in [-0.05, 0) is 13.8 Å². The largest absolute Gasteiger partial charge is 0.416 e. The second-order valence-electron chi connectivity index (χ2n) is 4.39. The van der Waals surface area contributed by atoms with Crippen molar-refractivity contribution < 1.29 is 9.21 Å². The highest BCUT2D eigenvalue weighted by Gasteiger charge is 2.13. The third-order valence-corrected chi connectivity index (χ3v) is 3.55. The highest BCUT2D eigenvalue weighted by atomic mass is 32.2. The van der Waals surface area contributed by atoms with Gasteiger partial charge in [-0.3, -0.25) is 14.6 Å². The standard InChI is InChI=1S/C12H15N5O4S/c1-3-13-8(18)5-22-12-17-16-9(21-12)4-7-6(2)14-11(20)15-10(7)19/h3-5H2,1-2H3,(H,13,18)(H2,14,15,19,20). The zero-order valence-corrected chi connectivity index (χ0v) is 12.9. The molecule has 0 radical (unpaired) electrons. The van der Waals surface area contributed by atoms with Gasteiger partial charge < -0.3 is 14.7 Å². The number of aromatic nitrogens is 4. The van der Waals surface area contributed by atoms with Gasteiger partial charge in [0, 0.05) is 17.8 Å². The van der Waals surface area contributed by atoms with E-state index in [1.807, 2.05) is 6.92 Å². The van der Waals surface area contributed by atoms with Crippen molar-refractivity contribution in [3.05, 3.63) is 38.0 Å². The van der Waals surface area contributed by atoms with E-state index in [9.17, 15) is 14.4 Å². The fourth-order valence-corrected chi connectivity index (χ4v) is 2.34. The summed E-state index contributed by atoms with van der Waals surface area (Å²) in [5, 5.41) is 10.5. The molecule has 0 aliphatic carbocycles. The van der Waals surface area contributed by atoms with Gasteiger partial charge in [0.2, 0.25) is 11.8 Å². The molecule has 0 aliphatic heterocycles. The number of rotatable bonds is 6. The van der Waals surface area contributed by atoms with Gasteiger partial charge in [-0.15, -0.1) is 10.2 Å². The smallest absolute Gasteiger partial charge is 0.325 e. The summed E-state index contributed by atoms with van der Waals surface area (Å²) in [7, 11) is 0. The highest BCUT2D eigenvalue weighted by Crippen LogP contribution is 2.17. The van der Waals surface area contributed by atoms with Gasteiger partial charge in [0.15, 0.2) is 0 Å². The number of hydrogen-bond acceptors (Lipinski definition) is 7. The maximum atomic E-state index is 11.7. The zero-order valence-electron chi connectivity index (χ0n) is 12.1. The Morgan fingerprint density at radius 1 is 1.32 bits per heavy atom. The van der Waals surface area contributed by atoms with E-state index in [0.717, 1.165) is 11.8 Å². The second kappa shape index (κ2) is 7.07. The molecular weight excluding hydrogens is 310 g/mol. The zero-order chi connectivity index (χ0) is 16.1. The molecule has 0 bridgehead atoms. The summed E-state index contributed by atoms with van der Waals surface area (Å²) in [6.45, 7) is 4.01. The molecule has 0 fully saturated rings. The Hall–Kier alpha value is -2.36. The molecular formula is C12H15N5O4S. The number of aromatic amines is 2. The Kier molecular flexibility index (Phi) is 5.15. The van der Waals surface area contributed by atoms with Crippen LogP contribution in [0.2, 0.25) is 0 Å². The van der Waals surface area contributed by atoms with Crippen LogP contribution >= 0.6 is 11.8 Å². The monoisotopic (exact) mass is 325 g/mol. The molecule has 2 rings (SSSR count). The topological polar surface area (TPSA) is 134 Å². The molecule has 0 unspecified atom stereocenters. The van der Waals surface area contributed by atoms with E-state index < -0.39 is 11.2 Å². The van der Waals surface area contributed by atoms with E-state index in [2.05, 4.69) is 25.5 Å². The van der Waals surface area contributed by atoms with Crippen molar-refractivity contribution >= 4 is 17.7 Å². The summed E-state index contributed by atoms with van der Waals surface area (Å²) in [6.07, 6.45) is 0.104. The fraction of sp³-hybridized carbons (Fsp3) is 0.417. The molecule has 1 amide bonds. The molecule has 118 valence electrons. The van der Waals surface area contributed by atoms with Crippen LogP contribution in [0.25, 0.3) is 0 Å². The number of hydrogen-bond donors (Lipinski definition) is 3.